The molecule has 5 heteroatoms. The summed E-state index contributed by atoms with van der Waals surface area (Å²) in [5.41, 5.74) is 4.18. The molecular formula is C26H35N5. The summed E-state index contributed by atoms with van der Waals surface area (Å²) >= 11 is 0. The molecule has 5 nitrogen and oxygen atoms in total. The SMILES string of the molecule is Cc1ccccc1CN1CCC(CN(CCCn2cccn2)Cc2cccnc2)CC1. The summed E-state index contributed by atoms with van der Waals surface area (Å²) in [6.45, 7) is 9.94. The van der Waals surface area contributed by atoms with Crippen molar-refractivity contribution in [2.24, 2.45) is 5.92 Å². The highest BCUT2D eigenvalue weighted by molar-refractivity contribution is 5.25. The van der Waals surface area contributed by atoms with Crippen LogP contribution in [0.2, 0.25) is 0 Å². The number of pyridine rings is 1. The van der Waals surface area contributed by atoms with Gasteiger partial charge >= 0.3 is 0 Å². The Balaban J connectivity index is 1.28. The van der Waals surface area contributed by atoms with Gasteiger partial charge in [-0.2, -0.15) is 5.10 Å². The molecule has 1 aliphatic rings. The summed E-state index contributed by atoms with van der Waals surface area (Å²) in [5, 5.41) is 4.34. The van der Waals surface area contributed by atoms with E-state index in [2.05, 4.69) is 63.3 Å². The van der Waals surface area contributed by atoms with Gasteiger partial charge in [-0.15, -0.1) is 0 Å². The predicted octanol–water partition coefficient (Wildman–Crippen LogP) is 4.39. The number of aromatic nitrogens is 3. The Bertz CT molecular complexity index is 885. The lowest BCUT2D eigenvalue weighted by atomic mass is 9.95. The second kappa shape index (κ2) is 11.2. The molecule has 0 spiro atoms. The molecule has 3 aromatic rings. The maximum Gasteiger partial charge on any atom is 0.0489 e. The van der Waals surface area contributed by atoms with Crippen LogP contribution in [-0.2, 0) is 19.6 Å². The van der Waals surface area contributed by atoms with E-state index in [0.29, 0.717) is 0 Å². The van der Waals surface area contributed by atoms with Gasteiger partial charge in [0.25, 0.3) is 0 Å². The van der Waals surface area contributed by atoms with E-state index in [0.717, 1.165) is 38.5 Å². The highest BCUT2D eigenvalue weighted by Gasteiger charge is 2.22. The molecule has 164 valence electrons. The maximum atomic E-state index is 4.34. The van der Waals surface area contributed by atoms with E-state index in [1.54, 1.807) is 0 Å². The third-order valence-corrected chi connectivity index (χ3v) is 6.43. The minimum atomic E-state index is 0.773. The van der Waals surface area contributed by atoms with Crippen LogP contribution in [-0.4, -0.2) is 50.7 Å². The van der Waals surface area contributed by atoms with Crippen LogP contribution in [0.15, 0.2) is 67.3 Å². The predicted molar refractivity (Wildman–Crippen MR) is 126 cm³/mol. The first-order chi connectivity index (χ1) is 15.3. The third-order valence-electron chi connectivity index (χ3n) is 6.43. The van der Waals surface area contributed by atoms with Gasteiger partial charge in [-0.25, -0.2) is 0 Å². The number of piperidine rings is 1. The maximum absolute atomic E-state index is 4.34. The molecule has 1 aliphatic heterocycles. The molecule has 0 amide bonds. The number of benzene rings is 1. The van der Waals surface area contributed by atoms with Gasteiger partial charge in [-0.3, -0.25) is 19.5 Å². The standard InChI is InChI=1S/C26H35N5/c1-23-7-2-3-9-26(23)22-29-17-10-24(11-18-29)20-30(21-25-8-4-12-27-19-25)14-6-16-31-15-5-13-28-31/h2-5,7-9,12-13,15,19,24H,6,10-11,14,16-18,20-22H2,1H3. The first kappa shape index (κ1) is 21.7. The number of hydrogen-bond acceptors (Lipinski definition) is 4. The van der Waals surface area contributed by atoms with Crippen molar-refractivity contribution >= 4 is 0 Å². The largest absolute Gasteiger partial charge is 0.299 e. The first-order valence-corrected chi connectivity index (χ1v) is 11.6. The van der Waals surface area contributed by atoms with E-state index in [9.17, 15) is 0 Å². The Labute approximate surface area is 186 Å². The van der Waals surface area contributed by atoms with Crippen molar-refractivity contribution < 1.29 is 0 Å². The smallest absolute Gasteiger partial charge is 0.0489 e. The molecule has 0 unspecified atom stereocenters. The second-order valence-electron chi connectivity index (χ2n) is 8.87. The molecule has 1 fully saturated rings. The van der Waals surface area contributed by atoms with Crippen LogP contribution < -0.4 is 0 Å². The van der Waals surface area contributed by atoms with Crippen LogP contribution in [0.5, 0.6) is 0 Å². The van der Waals surface area contributed by atoms with Crippen molar-refractivity contribution in [1.82, 2.24) is 24.6 Å². The van der Waals surface area contributed by atoms with E-state index in [1.807, 2.05) is 35.4 Å². The topological polar surface area (TPSA) is 37.2 Å². The zero-order valence-corrected chi connectivity index (χ0v) is 18.7. The quantitative estimate of drug-likeness (QED) is 0.490. The molecule has 0 atom stereocenters. The Morgan fingerprint density at radius 1 is 1.03 bits per heavy atom. The Kier molecular flexibility index (Phi) is 7.86. The summed E-state index contributed by atoms with van der Waals surface area (Å²) in [4.78, 5) is 9.57. The van der Waals surface area contributed by atoms with Gasteiger partial charge in [0, 0.05) is 57.5 Å². The van der Waals surface area contributed by atoms with Gasteiger partial charge in [-0.05, 0) is 74.0 Å². The van der Waals surface area contributed by atoms with Crippen LogP contribution in [0.1, 0.15) is 36.0 Å². The molecule has 31 heavy (non-hydrogen) atoms. The average Bonchev–Trinajstić information content (AvgIpc) is 3.31. The summed E-state index contributed by atoms with van der Waals surface area (Å²) in [7, 11) is 0. The van der Waals surface area contributed by atoms with E-state index >= 15 is 0 Å². The Hall–Kier alpha value is -2.50. The van der Waals surface area contributed by atoms with Crippen molar-refractivity contribution in [2.75, 3.05) is 26.2 Å². The van der Waals surface area contributed by atoms with Gasteiger partial charge in [0.05, 0.1) is 0 Å². The lowest BCUT2D eigenvalue weighted by Crippen LogP contribution is -2.38. The van der Waals surface area contributed by atoms with Gasteiger partial charge in [-0.1, -0.05) is 30.3 Å². The summed E-state index contributed by atoms with van der Waals surface area (Å²) in [5.74, 6) is 0.773. The Morgan fingerprint density at radius 2 is 1.90 bits per heavy atom. The molecular weight excluding hydrogens is 382 g/mol. The monoisotopic (exact) mass is 417 g/mol. The number of nitrogens with zero attached hydrogens (tertiary/aromatic N) is 5. The van der Waals surface area contributed by atoms with Crippen molar-refractivity contribution in [3.8, 4) is 0 Å². The number of rotatable bonds is 10. The van der Waals surface area contributed by atoms with E-state index < -0.39 is 0 Å². The van der Waals surface area contributed by atoms with Gasteiger partial charge in [0.1, 0.15) is 0 Å². The molecule has 3 heterocycles. The minimum absolute atomic E-state index is 0.773. The van der Waals surface area contributed by atoms with Gasteiger partial charge < -0.3 is 0 Å². The van der Waals surface area contributed by atoms with Gasteiger partial charge in [0.2, 0.25) is 0 Å². The molecule has 0 N–H and O–H groups in total. The molecule has 1 aromatic carbocycles. The van der Waals surface area contributed by atoms with Crippen molar-refractivity contribution in [3.05, 3.63) is 83.9 Å². The summed E-state index contributed by atoms with van der Waals surface area (Å²) in [6, 6.07) is 15.0. The van der Waals surface area contributed by atoms with E-state index in [1.165, 1.54) is 49.2 Å². The van der Waals surface area contributed by atoms with E-state index in [4.69, 9.17) is 0 Å². The third kappa shape index (κ3) is 6.74. The fourth-order valence-electron chi connectivity index (χ4n) is 4.59. The number of aryl methyl sites for hydroxylation is 2. The van der Waals surface area contributed by atoms with Crippen LogP contribution in [0, 0.1) is 12.8 Å². The minimum Gasteiger partial charge on any atom is -0.299 e. The normalized spacial score (nSPS) is 15.5. The first-order valence-electron chi connectivity index (χ1n) is 11.6. The Morgan fingerprint density at radius 3 is 2.65 bits per heavy atom. The van der Waals surface area contributed by atoms with Crippen molar-refractivity contribution in [2.45, 2.75) is 45.8 Å². The zero-order chi connectivity index (χ0) is 21.3. The summed E-state index contributed by atoms with van der Waals surface area (Å²) < 4.78 is 2.03. The highest BCUT2D eigenvalue weighted by Crippen LogP contribution is 2.22. The van der Waals surface area contributed by atoms with Crippen LogP contribution in [0.3, 0.4) is 0 Å². The second-order valence-corrected chi connectivity index (χ2v) is 8.87. The molecule has 0 aliphatic carbocycles. The molecule has 2 aromatic heterocycles. The zero-order valence-electron chi connectivity index (χ0n) is 18.7. The van der Waals surface area contributed by atoms with Crippen molar-refractivity contribution in [3.63, 3.8) is 0 Å². The van der Waals surface area contributed by atoms with Crippen molar-refractivity contribution in [1.29, 1.82) is 0 Å². The molecule has 0 radical (unpaired) electrons. The van der Waals surface area contributed by atoms with Crippen LogP contribution in [0.4, 0.5) is 0 Å². The van der Waals surface area contributed by atoms with Crippen LogP contribution >= 0.6 is 0 Å². The fourth-order valence-corrected chi connectivity index (χ4v) is 4.59. The van der Waals surface area contributed by atoms with Gasteiger partial charge in [0.15, 0.2) is 0 Å². The highest BCUT2D eigenvalue weighted by atomic mass is 15.3. The van der Waals surface area contributed by atoms with E-state index in [-0.39, 0.29) is 0 Å². The average molecular weight is 418 g/mol. The summed E-state index contributed by atoms with van der Waals surface area (Å²) in [6.07, 6.45) is 11.5. The molecule has 0 bridgehead atoms. The molecule has 0 saturated carbocycles. The lowest BCUT2D eigenvalue weighted by Gasteiger charge is -2.35. The van der Waals surface area contributed by atoms with Crippen LogP contribution in [0.25, 0.3) is 0 Å². The molecule has 1 saturated heterocycles. The molecule has 4 rings (SSSR count). The number of hydrogen-bond donors (Lipinski definition) is 0. The number of likely N-dealkylation sites (tertiary alicyclic amines) is 1. The fraction of sp³-hybridized carbons (Fsp3) is 0.462. The lowest BCUT2D eigenvalue weighted by molar-refractivity contribution is 0.133.